The Morgan fingerprint density at radius 2 is 2.57 bits per heavy atom. The van der Waals surface area contributed by atoms with E-state index in [9.17, 15) is 0 Å². The van der Waals surface area contributed by atoms with E-state index in [-0.39, 0.29) is 0 Å². The summed E-state index contributed by atoms with van der Waals surface area (Å²) in [6.45, 7) is 4.28. The second-order valence-corrected chi connectivity index (χ2v) is 4.80. The Labute approximate surface area is 88.8 Å². The van der Waals surface area contributed by atoms with E-state index >= 15 is 0 Å². The first-order chi connectivity index (χ1) is 6.81. The van der Waals surface area contributed by atoms with E-state index in [0.717, 1.165) is 19.5 Å². The maximum Gasteiger partial charge on any atom is 0.0638 e. The van der Waals surface area contributed by atoms with Gasteiger partial charge in [0.25, 0.3) is 0 Å². The number of fused-ring (bicyclic) bond motifs is 1. The molecule has 0 aliphatic carbocycles. The van der Waals surface area contributed by atoms with Gasteiger partial charge in [-0.3, -0.25) is 4.90 Å². The third kappa shape index (κ3) is 1.82. The van der Waals surface area contributed by atoms with Crippen LogP contribution in [0.2, 0.25) is 0 Å². The fourth-order valence-electron chi connectivity index (χ4n) is 1.91. The van der Waals surface area contributed by atoms with Crippen molar-refractivity contribution >= 4 is 11.3 Å². The van der Waals surface area contributed by atoms with Gasteiger partial charge in [0, 0.05) is 24.0 Å². The average Bonchev–Trinajstić information content (AvgIpc) is 2.64. The lowest BCUT2D eigenvalue weighted by molar-refractivity contribution is 0.194. The van der Waals surface area contributed by atoms with E-state index in [1.807, 2.05) is 11.3 Å². The summed E-state index contributed by atoms with van der Waals surface area (Å²) in [5.74, 6) is 0. The molecule has 0 bridgehead atoms. The van der Waals surface area contributed by atoms with E-state index in [4.69, 9.17) is 5.26 Å². The minimum absolute atomic E-state index is 0.396. The maximum absolute atomic E-state index is 8.65. The standard InChI is InChI=1S/C11H14N2S/c1-9(2-5-12)13-6-3-11-10(8-13)4-7-14-11/h4,7,9H,2-3,6,8H2,1H3. The van der Waals surface area contributed by atoms with Crippen molar-refractivity contribution in [2.45, 2.75) is 32.4 Å². The van der Waals surface area contributed by atoms with Crippen molar-refractivity contribution in [3.8, 4) is 6.07 Å². The molecule has 1 aliphatic heterocycles. The van der Waals surface area contributed by atoms with Crippen LogP contribution in [0, 0.1) is 11.3 Å². The lowest BCUT2D eigenvalue weighted by Gasteiger charge is -2.31. The molecular formula is C11H14N2S. The zero-order valence-electron chi connectivity index (χ0n) is 8.36. The molecule has 1 aliphatic rings. The summed E-state index contributed by atoms with van der Waals surface area (Å²) in [4.78, 5) is 3.93. The predicted octanol–water partition coefficient (Wildman–Crippen LogP) is 2.41. The normalized spacial score (nSPS) is 18.6. The topological polar surface area (TPSA) is 27.0 Å². The highest BCUT2D eigenvalue weighted by Crippen LogP contribution is 2.25. The Morgan fingerprint density at radius 1 is 1.71 bits per heavy atom. The molecular weight excluding hydrogens is 192 g/mol. The number of hydrogen-bond acceptors (Lipinski definition) is 3. The van der Waals surface area contributed by atoms with E-state index < -0.39 is 0 Å². The molecule has 2 heterocycles. The van der Waals surface area contributed by atoms with Crippen LogP contribution < -0.4 is 0 Å². The smallest absolute Gasteiger partial charge is 0.0638 e. The van der Waals surface area contributed by atoms with Crippen LogP contribution in [-0.4, -0.2) is 17.5 Å². The zero-order chi connectivity index (χ0) is 9.97. The largest absolute Gasteiger partial charge is 0.295 e. The minimum atomic E-state index is 0.396. The summed E-state index contributed by atoms with van der Waals surface area (Å²) in [7, 11) is 0. The fourth-order valence-corrected chi connectivity index (χ4v) is 2.80. The summed E-state index contributed by atoms with van der Waals surface area (Å²) >= 11 is 1.86. The van der Waals surface area contributed by atoms with E-state index in [1.165, 1.54) is 10.4 Å². The number of hydrogen-bond donors (Lipinski definition) is 0. The molecule has 3 heteroatoms. The summed E-state index contributed by atoms with van der Waals surface area (Å²) in [5, 5.41) is 10.8. The van der Waals surface area contributed by atoms with E-state index in [0.29, 0.717) is 12.5 Å². The van der Waals surface area contributed by atoms with Crippen molar-refractivity contribution in [1.29, 1.82) is 5.26 Å². The lowest BCUT2D eigenvalue weighted by Crippen LogP contribution is -2.36. The second kappa shape index (κ2) is 4.12. The zero-order valence-corrected chi connectivity index (χ0v) is 9.18. The summed E-state index contributed by atoms with van der Waals surface area (Å²) in [6.07, 6.45) is 1.79. The van der Waals surface area contributed by atoms with Gasteiger partial charge in [0.05, 0.1) is 12.5 Å². The van der Waals surface area contributed by atoms with Gasteiger partial charge in [-0.25, -0.2) is 0 Å². The van der Waals surface area contributed by atoms with Gasteiger partial charge in [0.15, 0.2) is 0 Å². The van der Waals surface area contributed by atoms with Crippen LogP contribution in [-0.2, 0) is 13.0 Å². The minimum Gasteiger partial charge on any atom is -0.295 e. The highest BCUT2D eigenvalue weighted by atomic mass is 32.1. The molecule has 2 rings (SSSR count). The van der Waals surface area contributed by atoms with Gasteiger partial charge >= 0.3 is 0 Å². The van der Waals surface area contributed by atoms with Gasteiger partial charge in [0.1, 0.15) is 0 Å². The predicted molar refractivity (Wildman–Crippen MR) is 58.1 cm³/mol. The maximum atomic E-state index is 8.65. The Bertz CT molecular complexity index is 350. The van der Waals surface area contributed by atoms with Crippen LogP contribution in [0.1, 0.15) is 23.8 Å². The molecule has 0 amide bonds. The first kappa shape index (κ1) is 9.70. The molecule has 74 valence electrons. The molecule has 1 aromatic heterocycles. The third-order valence-corrected chi connectivity index (χ3v) is 3.87. The molecule has 1 aromatic rings. The molecule has 0 saturated carbocycles. The summed E-state index contributed by atoms with van der Waals surface area (Å²) in [5.41, 5.74) is 1.46. The summed E-state index contributed by atoms with van der Waals surface area (Å²) < 4.78 is 0. The van der Waals surface area contributed by atoms with Crippen molar-refractivity contribution in [3.05, 3.63) is 21.9 Å². The van der Waals surface area contributed by atoms with Crippen molar-refractivity contribution < 1.29 is 0 Å². The van der Waals surface area contributed by atoms with Crippen LogP contribution in [0.5, 0.6) is 0 Å². The Hall–Kier alpha value is -0.850. The number of nitriles is 1. The van der Waals surface area contributed by atoms with Crippen molar-refractivity contribution in [3.63, 3.8) is 0 Å². The molecule has 2 nitrogen and oxygen atoms in total. The lowest BCUT2D eigenvalue weighted by atomic mass is 10.1. The number of rotatable bonds is 2. The monoisotopic (exact) mass is 206 g/mol. The van der Waals surface area contributed by atoms with Gasteiger partial charge in [-0.1, -0.05) is 0 Å². The number of thiophene rings is 1. The van der Waals surface area contributed by atoms with Gasteiger partial charge in [-0.15, -0.1) is 11.3 Å². The fraction of sp³-hybridized carbons (Fsp3) is 0.545. The van der Waals surface area contributed by atoms with Crippen molar-refractivity contribution in [2.75, 3.05) is 6.54 Å². The number of nitrogens with zero attached hydrogens (tertiary/aromatic N) is 2. The molecule has 0 radical (unpaired) electrons. The first-order valence-electron chi connectivity index (χ1n) is 4.97. The Morgan fingerprint density at radius 3 is 3.36 bits per heavy atom. The van der Waals surface area contributed by atoms with Gasteiger partial charge in [-0.05, 0) is 30.4 Å². The first-order valence-corrected chi connectivity index (χ1v) is 5.85. The van der Waals surface area contributed by atoms with E-state index in [1.54, 1.807) is 0 Å². The molecule has 0 spiro atoms. The van der Waals surface area contributed by atoms with Crippen molar-refractivity contribution in [1.82, 2.24) is 4.90 Å². The van der Waals surface area contributed by atoms with Gasteiger partial charge in [-0.2, -0.15) is 5.26 Å². The van der Waals surface area contributed by atoms with Crippen LogP contribution in [0.3, 0.4) is 0 Å². The second-order valence-electron chi connectivity index (χ2n) is 3.80. The molecule has 1 unspecified atom stereocenters. The van der Waals surface area contributed by atoms with Crippen molar-refractivity contribution in [2.24, 2.45) is 0 Å². The molecule has 0 aromatic carbocycles. The van der Waals surface area contributed by atoms with E-state index in [2.05, 4.69) is 29.3 Å². The molecule has 0 fully saturated rings. The van der Waals surface area contributed by atoms with Crippen LogP contribution in [0.4, 0.5) is 0 Å². The van der Waals surface area contributed by atoms with Crippen LogP contribution >= 0.6 is 11.3 Å². The SMILES string of the molecule is CC(CC#N)N1CCc2sccc2C1. The molecule has 1 atom stereocenters. The summed E-state index contributed by atoms with van der Waals surface area (Å²) in [6, 6.07) is 4.85. The van der Waals surface area contributed by atoms with Crippen LogP contribution in [0.15, 0.2) is 11.4 Å². The molecule has 14 heavy (non-hydrogen) atoms. The van der Waals surface area contributed by atoms with Gasteiger partial charge < -0.3 is 0 Å². The molecule has 0 N–H and O–H groups in total. The van der Waals surface area contributed by atoms with Gasteiger partial charge in [0.2, 0.25) is 0 Å². The highest BCUT2D eigenvalue weighted by molar-refractivity contribution is 7.10. The average molecular weight is 206 g/mol. The highest BCUT2D eigenvalue weighted by Gasteiger charge is 2.20. The Balaban J connectivity index is 2.04. The molecule has 0 saturated heterocycles. The quantitative estimate of drug-likeness (QED) is 0.743. The third-order valence-electron chi connectivity index (χ3n) is 2.85. The van der Waals surface area contributed by atoms with Crippen LogP contribution in [0.25, 0.3) is 0 Å². The Kier molecular flexibility index (Phi) is 2.85.